The fraction of sp³-hybridized carbons (Fsp3) is 0.471. The maximum atomic E-state index is 10.1. The lowest BCUT2D eigenvalue weighted by molar-refractivity contribution is 0.0323. The third kappa shape index (κ3) is 1.97. The summed E-state index contributed by atoms with van der Waals surface area (Å²) < 4.78 is 11.5. The molecule has 110 valence electrons. The Morgan fingerprint density at radius 1 is 1.38 bits per heavy atom. The van der Waals surface area contributed by atoms with Crippen molar-refractivity contribution in [2.24, 2.45) is 4.99 Å². The van der Waals surface area contributed by atoms with Crippen molar-refractivity contribution in [2.75, 3.05) is 6.61 Å². The lowest BCUT2D eigenvalue weighted by atomic mass is 9.72. The zero-order chi connectivity index (χ0) is 14.6. The molecular formula is C17H19NO3. The van der Waals surface area contributed by atoms with Gasteiger partial charge in [0.15, 0.2) is 6.23 Å². The van der Waals surface area contributed by atoms with Gasteiger partial charge >= 0.3 is 0 Å². The number of aliphatic imine (C=N–C) groups is 1. The Morgan fingerprint density at radius 2 is 2.14 bits per heavy atom. The van der Waals surface area contributed by atoms with Crippen LogP contribution in [0.3, 0.4) is 0 Å². The average Bonchev–Trinajstić information content (AvgIpc) is 3.24. The molecule has 1 aromatic carbocycles. The van der Waals surface area contributed by atoms with Gasteiger partial charge in [-0.15, -0.1) is 0 Å². The van der Waals surface area contributed by atoms with E-state index in [9.17, 15) is 5.11 Å². The Balaban J connectivity index is 1.81. The summed E-state index contributed by atoms with van der Waals surface area (Å²) in [5.74, 6) is 1.22. The van der Waals surface area contributed by atoms with Gasteiger partial charge in [0.1, 0.15) is 17.1 Å². The van der Waals surface area contributed by atoms with Crippen molar-refractivity contribution in [1.29, 1.82) is 0 Å². The summed E-state index contributed by atoms with van der Waals surface area (Å²) in [6.45, 7) is 4.55. The molecule has 4 rings (SSSR count). The molecule has 3 aliphatic rings. The molecule has 21 heavy (non-hydrogen) atoms. The number of phenols is 1. The fourth-order valence-corrected chi connectivity index (χ4v) is 3.11. The molecule has 1 N–H and O–H groups in total. The van der Waals surface area contributed by atoms with E-state index in [-0.39, 0.29) is 11.8 Å². The van der Waals surface area contributed by atoms with Crippen molar-refractivity contribution in [3.63, 3.8) is 0 Å². The van der Waals surface area contributed by atoms with Crippen molar-refractivity contribution in [2.45, 2.75) is 44.9 Å². The first-order chi connectivity index (χ1) is 10.1. The van der Waals surface area contributed by atoms with Crippen molar-refractivity contribution in [3.8, 4) is 11.5 Å². The average molecular weight is 285 g/mol. The Labute approximate surface area is 124 Å². The summed E-state index contributed by atoms with van der Waals surface area (Å²) in [5, 5.41) is 10.1. The maximum Gasteiger partial charge on any atom is 0.171 e. The monoisotopic (exact) mass is 285 g/mol. The Hall–Kier alpha value is -1.81. The first-order valence-electron chi connectivity index (χ1n) is 7.48. The molecule has 1 saturated carbocycles. The molecule has 1 aromatic rings. The van der Waals surface area contributed by atoms with Gasteiger partial charge in [0.2, 0.25) is 0 Å². The van der Waals surface area contributed by atoms with Gasteiger partial charge in [0.05, 0.1) is 6.61 Å². The molecule has 1 unspecified atom stereocenters. The third-order valence-corrected chi connectivity index (χ3v) is 4.73. The SMILES string of the molecule is Cc1cc2c(c(C)c1O)C=C(/C=N/C1CO1)C1(CCC1)O2. The first kappa shape index (κ1) is 12.9. The fourth-order valence-electron chi connectivity index (χ4n) is 3.11. The van der Waals surface area contributed by atoms with Gasteiger partial charge in [-0.1, -0.05) is 0 Å². The van der Waals surface area contributed by atoms with Crippen LogP contribution in [-0.4, -0.2) is 29.8 Å². The molecule has 1 saturated heterocycles. The van der Waals surface area contributed by atoms with E-state index in [2.05, 4.69) is 11.1 Å². The van der Waals surface area contributed by atoms with Crippen LogP contribution in [0.4, 0.5) is 0 Å². The van der Waals surface area contributed by atoms with Crippen LogP contribution in [0.1, 0.15) is 36.0 Å². The highest BCUT2D eigenvalue weighted by atomic mass is 16.6. The van der Waals surface area contributed by atoms with Crippen LogP contribution in [0, 0.1) is 13.8 Å². The van der Waals surface area contributed by atoms with E-state index >= 15 is 0 Å². The number of aryl methyl sites for hydroxylation is 1. The van der Waals surface area contributed by atoms with Gasteiger partial charge in [0, 0.05) is 22.9 Å². The van der Waals surface area contributed by atoms with Gasteiger partial charge in [0.25, 0.3) is 0 Å². The molecule has 1 atom stereocenters. The molecule has 1 spiro atoms. The molecule has 4 heteroatoms. The van der Waals surface area contributed by atoms with Gasteiger partial charge in [-0.25, -0.2) is 0 Å². The summed E-state index contributed by atoms with van der Waals surface area (Å²) >= 11 is 0. The van der Waals surface area contributed by atoms with Crippen LogP contribution < -0.4 is 4.74 Å². The first-order valence-corrected chi connectivity index (χ1v) is 7.48. The van der Waals surface area contributed by atoms with Crippen LogP contribution in [0.5, 0.6) is 11.5 Å². The number of rotatable bonds is 2. The number of hydrogen-bond donors (Lipinski definition) is 1. The lowest BCUT2D eigenvalue weighted by Gasteiger charge is -2.45. The zero-order valence-corrected chi connectivity index (χ0v) is 12.3. The van der Waals surface area contributed by atoms with Crippen LogP contribution in [0.25, 0.3) is 6.08 Å². The summed E-state index contributed by atoms with van der Waals surface area (Å²) in [6.07, 6.45) is 7.27. The van der Waals surface area contributed by atoms with Crippen LogP contribution >= 0.6 is 0 Å². The minimum Gasteiger partial charge on any atom is -0.507 e. The van der Waals surface area contributed by atoms with Crippen LogP contribution in [0.2, 0.25) is 0 Å². The minimum atomic E-state index is -0.221. The van der Waals surface area contributed by atoms with Gasteiger partial charge in [-0.05, 0) is 50.8 Å². The number of epoxide rings is 1. The second-order valence-electron chi connectivity index (χ2n) is 6.19. The quantitative estimate of drug-likeness (QED) is 0.671. The van der Waals surface area contributed by atoms with Crippen molar-refractivity contribution < 1.29 is 14.6 Å². The molecule has 0 radical (unpaired) electrons. The van der Waals surface area contributed by atoms with Gasteiger partial charge in [-0.3, -0.25) is 4.99 Å². The highest BCUT2D eigenvalue weighted by molar-refractivity contribution is 5.91. The van der Waals surface area contributed by atoms with E-state index in [0.717, 1.165) is 40.9 Å². The predicted molar refractivity (Wildman–Crippen MR) is 81.0 cm³/mol. The van der Waals surface area contributed by atoms with Crippen LogP contribution in [0.15, 0.2) is 16.6 Å². The normalized spacial score (nSPS) is 25.2. The second-order valence-corrected chi connectivity index (χ2v) is 6.19. The number of benzene rings is 1. The van der Waals surface area contributed by atoms with E-state index in [0.29, 0.717) is 12.4 Å². The molecule has 2 fully saturated rings. The van der Waals surface area contributed by atoms with Gasteiger partial charge < -0.3 is 14.6 Å². The van der Waals surface area contributed by atoms with Crippen molar-refractivity contribution >= 4 is 12.3 Å². The van der Waals surface area contributed by atoms with E-state index in [1.54, 1.807) is 0 Å². The minimum absolute atomic E-state index is 0.0249. The number of fused-ring (bicyclic) bond motifs is 1. The summed E-state index contributed by atoms with van der Waals surface area (Å²) in [5.41, 5.74) is 3.57. The van der Waals surface area contributed by atoms with E-state index in [1.165, 1.54) is 6.42 Å². The topological polar surface area (TPSA) is 54.4 Å². The Kier molecular flexibility index (Phi) is 2.67. The van der Waals surface area contributed by atoms with E-state index in [4.69, 9.17) is 9.47 Å². The van der Waals surface area contributed by atoms with Crippen molar-refractivity contribution in [1.82, 2.24) is 0 Å². The van der Waals surface area contributed by atoms with E-state index in [1.807, 2.05) is 26.1 Å². The number of hydrogen-bond acceptors (Lipinski definition) is 4. The highest BCUT2D eigenvalue weighted by Crippen LogP contribution is 2.48. The molecule has 0 amide bonds. The molecular weight excluding hydrogens is 266 g/mol. The summed E-state index contributed by atoms with van der Waals surface area (Å²) in [4.78, 5) is 4.42. The molecule has 0 bridgehead atoms. The highest BCUT2D eigenvalue weighted by Gasteiger charge is 2.45. The molecule has 2 aliphatic heterocycles. The lowest BCUT2D eigenvalue weighted by Crippen LogP contribution is -2.47. The molecule has 4 nitrogen and oxygen atoms in total. The van der Waals surface area contributed by atoms with Gasteiger partial charge in [-0.2, -0.15) is 0 Å². The molecule has 2 heterocycles. The maximum absolute atomic E-state index is 10.1. The van der Waals surface area contributed by atoms with Crippen molar-refractivity contribution in [3.05, 3.63) is 28.3 Å². The Morgan fingerprint density at radius 3 is 2.76 bits per heavy atom. The molecule has 1 aliphatic carbocycles. The van der Waals surface area contributed by atoms with Crippen LogP contribution in [-0.2, 0) is 4.74 Å². The number of nitrogens with zero attached hydrogens (tertiary/aromatic N) is 1. The second kappa shape index (κ2) is 4.34. The Bertz CT molecular complexity index is 667. The van der Waals surface area contributed by atoms with E-state index < -0.39 is 0 Å². The number of aromatic hydroxyl groups is 1. The smallest absolute Gasteiger partial charge is 0.171 e. The summed E-state index contributed by atoms with van der Waals surface area (Å²) in [6, 6.07) is 1.94. The number of phenolic OH excluding ortho intramolecular Hbond substituents is 1. The standard InChI is InChI=1S/C17H19NO3/c1-10-6-14-13(11(2)16(10)19)7-12(8-18-15-9-20-15)17(21-14)4-3-5-17/h6-8,15,19H,3-5,9H2,1-2H3/b18-8+. The molecule has 0 aromatic heterocycles. The zero-order valence-electron chi connectivity index (χ0n) is 12.3. The largest absolute Gasteiger partial charge is 0.507 e. The third-order valence-electron chi connectivity index (χ3n) is 4.73. The number of ether oxygens (including phenoxy) is 2. The summed E-state index contributed by atoms with van der Waals surface area (Å²) in [7, 11) is 0. The predicted octanol–water partition coefficient (Wildman–Crippen LogP) is 3.13.